The number of aryl methyl sites for hydroxylation is 1. The van der Waals surface area contributed by atoms with Gasteiger partial charge in [0.2, 0.25) is 0 Å². The lowest BCUT2D eigenvalue weighted by Crippen LogP contribution is -2.51. The zero-order valence-electron chi connectivity index (χ0n) is 14.2. The Kier molecular flexibility index (Phi) is 4.32. The highest BCUT2D eigenvalue weighted by Crippen LogP contribution is 2.33. The van der Waals surface area contributed by atoms with Gasteiger partial charge in [-0.15, -0.1) is 0 Å². The van der Waals surface area contributed by atoms with Crippen molar-refractivity contribution >= 4 is 23.5 Å². The number of urea groups is 1. The van der Waals surface area contributed by atoms with Crippen molar-refractivity contribution in [2.24, 2.45) is 0 Å². The molecule has 1 N–H and O–H groups in total. The van der Waals surface area contributed by atoms with Gasteiger partial charge in [-0.05, 0) is 48.2 Å². The number of hydrogen-bond acceptors (Lipinski definition) is 3. The van der Waals surface area contributed by atoms with E-state index < -0.39 is 5.54 Å². The van der Waals surface area contributed by atoms with Crippen molar-refractivity contribution in [3.63, 3.8) is 0 Å². The first kappa shape index (κ1) is 16.9. The molecule has 1 aliphatic heterocycles. The number of hydrogen-bond donors (Lipinski definition) is 1. The third kappa shape index (κ3) is 3.03. The number of benzene rings is 2. The van der Waals surface area contributed by atoms with Gasteiger partial charge < -0.3 is 10.1 Å². The van der Waals surface area contributed by atoms with Crippen LogP contribution in [-0.4, -0.2) is 35.5 Å². The van der Waals surface area contributed by atoms with Gasteiger partial charge >= 0.3 is 6.03 Å². The molecule has 26 heavy (non-hydrogen) atoms. The Balaban J connectivity index is 1.42. The maximum Gasteiger partial charge on any atom is 0.325 e. The fraction of sp³-hybridized carbons (Fsp3) is 0.300. The summed E-state index contributed by atoms with van der Waals surface area (Å²) in [6.07, 6.45) is 1.96. The first-order chi connectivity index (χ1) is 12.6. The van der Waals surface area contributed by atoms with Gasteiger partial charge in [0.1, 0.15) is 17.9 Å². The summed E-state index contributed by atoms with van der Waals surface area (Å²) >= 11 is 5.84. The predicted molar refractivity (Wildman–Crippen MR) is 98.4 cm³/mol. The lowest BCUT2D eigenvalue weighted by atomic mass is 9.78. The number of amides is 3. The number of carbonyl (C=O) groups is 2. The van der Waals surface area contributed by atoms with Crippen LogP contribution in [-0.2, 0) is 17.6 Å². The summed E-state index contributed by atoms with van der Waals surface area (Å²) in [4.78, 5) is 26.6. The van der Waals surface area contributed by atoms with Gasteiger partial charge in [0.25, 0.3) is 5.91 Å². The molecule has 0 radical (unpaired) electrons. The van der Waals surface area contributed by atoms with Crippen LogP contribution in [0.3, 0.4) is 0 Å². The summed E-state index contributed by atoms with van der Waals surface area (Å²) in [6, 6.07) is 14.7. The third-order valence-electron chi connectivity index (χ3n) is 5.07. The predicted octanol–water partition coefficient (Wildman–Crippen LogP) is 3.20. The number of halogens is 1. The lowest BCUT2D eigenvalue weighted by molar-refractivity contribution is -0.132. The van der Waals surface area contributed by atoms with Crippen molar-refractivity contribution in [1.82, 2.24) is 10.2 Å². The van der Waals surface area contributed by atoms with Crippen LogP contribution >= 0.6 is 11.6 Å². The maximum absolute atomic E-state index is 13.0. The summed E-state index contributed by atoms with van der Waals surface area (Å²) < 4.78 is 5.62. The van der Waals surface area contributed by atoms with Gasteiger partial charge in [-0.2, -0.15) is 0 Å². The van der Waals surface area contributed by atoms with E-state index in [1.165, 1.54) is 10.5 Å². The topological polar surface area (TPSA) is 58.6 Å². The highest BCUT2D eigenvalue weighted by Gasteiger charge is 2.52. The molecule has 6 heteroatoms. The standard InChI is InChI=1S/C20H19ClN2O3/c21-16-5-7-17(8-6-16)26-12-11-23-18(24)20(22-19(23)25)10-9-14-3-1-2-4-15(14)13-20/h1-8H,9-13H2,(H,22,25). The Morgan fingerprint density at radius 2 is 1.81 bits per heavy atom. The van der Waals surface area contributed by atoms with E-state index in [2.05, 4.69) is 11.4 Å². The average molecular weight is 371 g/mol. The van der Waals surface area contributed by atoms with E-state index in [0.717, 1.165) is 12.0 Å². The number of imide groups is 1. The quantitative estimate of drug-likeness (QED) is 0.841. The highest BCUT2D eigenvalue weighted by atomic mass is 35.5. The first-order valence-electron chi connectivity index (χ1n) is 8.67. The van der Waals surface area contributed by atoms with Gasteiger partial charge in [0.15, 0.2) is 0 Å². The normalized spacial score (nSPS) is 21.7. The molecule has 1 unspecified atom stereocenters. The second-order valence-corrected chi connectivity index (χ2v) is 7.15. The molecular formula is C20H19ClN2O3. The summed E-state index contributed by atoms with van der Waals surface area (Å²) in [7, 11) is 0. The van der Waals surface area contributed by atoms with Crippen LogP contribution in [0.5, 0.6) is 5.75 Å². The number of carbonyl (C=O) groups excluding carboxylic acids is 2. The van der Waals surface area contributed by atoms with Gasteiger partial charge in [0, 0.05) is 11.4 Å². The van der Waals surface area contributed by atoms with Gasteiger partial charge in [-0.3, -0.25) is 9.69 Å². The van der Waals surface area contributed by atoms with Crippen molar-refractivity contribution in [2.75, 3.05) is 13.2 Å². The van der Waals surface area contributed by atoms with E-state index in [9.17, 15) is 9.59 Å². The van der Waals surface area contributed by atoms with Gasteiger partial charge in [-0.25, -0.2) is 4.79 Å². The first-order valence-corrected chi connectivity index (χ1v) is 9.04. The molecule has 1 heterocycles. The maximum atomic E-state index is 13.0. The SMILES string of the molecule is O=C1NC2(CCc3ccccc3C2)C(=O)N1CCOc1ccc(Cl)cc1. The van der Waals surface area contributed by atoms with Crippen LogP contribution in [0.2, 0.25) is 5.02 Å². The Morgan fingerprint density at radius 1 is 1.08 bits per heavy atom. The molecule has 1 fully saturated rings. The minimum Gasteiger partial charge on any atom is -0.492 e. The molecule has 1 aliphatic carbocycles. The molecule has 0 saturated carbocycles. The van der Waals surface area contributed by atoms with E-state index in [-0.39, 0.29) is 25.1 Å². The molecule has 3 amide bonds. The van der Waals surface area contributed by atoms with Crippen molar-refractivity contribution < 1.29 is 14.3 Å². The number of ether oxygens (including phenoxy) is 1. The van der Waals surface area contributed by atoms with Crippen molar-refractivity contribution in [2.45, 2.75) is 24.8 Å². The lowest BCUT2D eigenvalue weighted by Gasteiger charge is -2.32. The Labute approximate surface area is 156 Å². The van der Waals surface area contributed by atoms with Crippen molar-refractivity contribution in [3.8, 4) is 5.75 Å². The second-order valence-electron chi connectivity index (χ2n) is 6.72. The van der Waals surface area contributed by atoms with Gasteiger partial charge in [0.05, 0.1) is 6.54 Å². The molecule has 0 aromatic heterocycles. The zero-order valence-corrected chi connectivity index (χ0v) is 15.0. The van der Waals surface area contributed by atoms with E-state index in [1.807, 2.05) is 18.2 Å². The highest BCUT2D eigenvalue weighted by molar-refractivity contribution is 6.30. The van der Waals surface area contributed by atoms with E-state index in [0.29, 0.717) is 23.6 Å². The molecule has 1 spiro atoms. The average Bonchev–Trinajstić information content (AvgIpc) is 2.87. The number of nitrogens with one attached hydrogen (secondary N) is 1. The van der Waals surface area contributed by atoms with Crippen LogP contribution in [0.25, 0.3) is 0 Å². The molecule has 5 nitrogen and oxygen atoms in total. The van der Waals surface area contributed by atoms with E-state index >= 15 is 0 Å². The summed E-state index contributed by atoms with van der Waals surface area (Å²) in [5, 5.41) is 3.56. The Morgan fingerprint density at radius 3 is 2.58 bits per heavy atom. The Hall–Kier alpha value is -2.53. The fourth-order valence-electron chi connectivity index (χ4n) is 3.69. The molecule has 2 aromatic carbocycles. The van der Waals surface area contributed by atoms with Crippen molar-refractivity contribution in [3.05, 3.63) is 64.7 Å². The van der Waals surface area contributed by atoms with E-state index in [1.54, 1.807) is 24.3 Å². The van der Waals surface area contributed by atoms with Crippen molar-refractivity contribution in [1.29, 1.82) is 0 Å². The molecule has 2 aromatic rings. The molecule has 4 rings (SSSR count). The van der Waals surface area contributed by atoms with Gasteiger partial charge in [-0.1, -0.05) is 35.9 Å². The Bertz CT molecular complexity index is 852. The fourth-order valence-corrected chi connectivity index (χ4v) is 3.82. The summed E-state index contributed by atoms with van der Waals surface area (Å²) in [6.45, 7) is 0.462. The second kappa shape index (κ2) is 6.65. The summed E-state index contributed by atoms with van der Waals surface area (Å²) in [5.41, 5.74) is 1.57. The molecule has 134 valence electrons. The van der Waals surface area contributed by atoms with Crippen LogP contribution in [0.4, 0.5) is 4.79 Å². The van der Waals surface area contributed by atoms with Crippen LogP contribution in [0.1, 0.15) is 17.5 Å². The van der Waals surface area contributed by atoms with Crippen LogP contribution < -0.4 is 10.1 Å². The van der Waals surface area contributed by atoms with Crippen LogP contribution in [0, 0.1) is 0 Å². The molecular weight excluding hydrogens is 352 g/mol. The number of nitrogens with zero attached hydrogens (tertiary/aromatic N) is 1. The summed E-state index contributed by atoms with van der Waals surface area (Å²) in [5.74, 6) is 0.500. The molecule has 2 aliphatic rings. The number of fused-ring (bicyclic) bond motifs is 1. The minimum atomic E-state index is -0.814. The smallest absolute Gasteiger partial charge is 0.325 e. The molecule has 1 saturated heterocycles. The molecule has 1 atom stereocenters. The minimum absolute atomic E-state index is 0.156. The number of rotatable bonds is 4. The molecule has 0 bridgehead atoms. The monoisotopic (exact) mass is 370 g/mol. The largest absolute Gasteiger partial charge is 0.492 e. The zero-order chi connectivity index (χ0) is 18.1. The van der Waals surface area contributed by atoms with E-state index in [4.69, 9.17) is 16.3 Å². The van der Waals surface area contributed by atoms with Crippen LogP contribution in [0.15, 0.2) is 48.5 Å². The third-order valence-corrected chi connectivity index (χ3v) is 5.33.